The first kappa shape index (κ1) is 17.8. The smallest absolute Gasteiger partial charge is 0.302 e. The molecule has 0 saturated heterocycles. The van der Waals surface area contributed by atoms with Crippen molar-refractivity contribution in [3.05, 3.63) is 0 Å². The van der Waals surface area contributed by atoms with E-state index in [1.54, 1.807) is 0 Å². The molecule has 2 bridgehead atoms. The summed E-state index contributed by atoms with van der Waals surface area (Å²) in [6, 6.07) is 0. The van der Waals surface area contributed by atoms with Crippen LogP contribution < -0.4 is 0 Å². The molecule has 0 aromatic carbocycles. The Labute approximate surface area is 152 Å². The first-order valence-electron chi connectivity index (χ1n) is 10.5. The molecular weight excluding hydrogens is 312 g/mol. The number of ether oxygens (including phenoxy) is 1. The van der Waals surface area contributed by atoms with Crippen LogP contribution in [0.1, 0.15) is 85.5 Å². The Morgan fingerprint density at radius 1 is 1.08 bits per heavy atom. The Morgan fingerprint density at radius 2 is 1.84 bits per heavy atom. The van der Waals surface area contributed by atoms with E-state index in [4.69, 9.17) is 4.74 Å². The van der Waals surface area contributed by atoms with Crippen molar-refractivity contribution in [1.29, 1.82) is 0 Å². The average Bonchev–Trinajstić information content (AvgIpc) is 2.71. The van der Waals surface area contributed by atoms with Gasteiger partial charge in [-0.1, -0.05) is 27.2 Å². The maximum atomic E-state index is 11.3. The van der Waals surface area contributed by atoms with Crippen LogP contribution in [0.15, 0.2) is 0 Å². The minimum atomic E-state index is -0.784. The van der Waals surface area contributed by atoms with Gasteiger partial charge in [-0.25, -0.2) is 0 Å². The summed E-state index contributed by atoms with van der Waals surface area (Å²) in [7, 11) is 0. The zero-order valence-corrected chi connectivity index (χ0v) is 16.6. The van der Waals surface area contributed by atoms with E-state index in [1.165, 1.54) is 45.4 Å². The fraction of sp³-hybridized carbons (Fsp3) is 0.955. The predicted octanol–water partition coefficient (Wildman–Crippen LogP) is 4.71. The minimum Gasteiger partial charge on any atom is -0.463 e. The number of carbonyl (C=O) groups is 1. The highest BCUT2D eigenvalue weighted by Gasteiger charge is 2.67. The van der Waals surface area contributed by atoms with E-state index in [-0.39, 0.29) is 18.0 Å². The third kappa shape index (κ3) is 2.51. The molecular formula is C22H36O3. The van der Waals surface area contributed by atoms with Crippen LogP contribution in [-0.4, -0.2) is 23.3 Å². The van der Waals surface area contributed by atoms with Gasteiger partial charge in [-0.15, -0.1) is 0 Å². The summed E-state index contributed by atoms with van der Waals surface area (Å²) in [4.78, 5) is 11.3. The number of esters is 1. The monoisotopic (exact) mass is 348 g/mol. The van der Waals surface area contributed by atoms with Crippen molar-refractivity contribution in [2.75, 3.05) is 6.61 Å². The summed E-state index contributed by atoms with van der Waals surface area (Å²) < 4.78 is 5.29. The van der Waals surface area contributed by atoms with Crippen molar-refractivity contribution >= 4 is 5.97 Å². The molecule has 0 aromatic heterocycles. The van der Waals surface area contributed by atoms with E-state index in [2.05, 4.69) is 20.8 Å². The van der Waals surface area contributed by atoms with Crippen molar-refractivity contribution in [1.82, 2.24) is 0 Å². The van der Waals surface area contributed by atoms with Gasteiger partial charge in [0.25, 0.3) is 0 Å². The number of carbonyl (C=O) groups excluding carboxylic acids is 1. The van der Waals surface area contributed by atoms with Crippen molar-refractivity contribution in [3.8, 4) is 0 Å². The molecule has 0 amide bonds. The first-order chi connectivity index (χ1) is 11.6. The number of fused-ring (bicyclic) bond motifs is 3. The second-order valence-electron chi connectivity index (χ2n) is 10.9. The molecule has 1 N–H and O–H groups in total. The molecule has 4 saturated carbocycles. The third-order valence-corrected chi connectivity index (χ3v) is 9.14. The van der Waals surface area contributed by atoms with E-state index in [0.717, 1.165) is 31.1 Å². The molecule has 0 aromatic rings. The molecule has 142 valence electrons. The van der Waals surface area contributed by atoms with Gasteiger partial charge in [0.1, 0.15) is 12.2 Å². The normalized spacial score (nSPS) is 50.7. The van der Waals surface area contributed by atoms with Crippen LogP contribution >= 0.6 is 0 Å². The Bertz CT molecular complexity index is 570. The van der Waals surface area contributed by atoms with E-state index in [9.17, 15) is 9.90 Å². The molecule has 6 atom stereocenters. The number of aliphatic hydroxyl groups is 1. The van der Waals surface area contributed by atoms with Crippen molar-refractivity contribution in [3.63, 3.8) is 0 Å². The molecule has 6 unspecified atom stereocenters. The molecule has 4 aliphatic carbocycles. The molecule has 0 aliphatic heterocycles. The Morgan fingerprint density at radius 3 is 2.56 bits per heavy atom. The number of rotatable bonds is 2. The van der Waals surface area contributed by atoms with Crippen molar-refractivity contribution in [2.45, 2.75) is 91.1 Å². The van der Waals surface area contributed by atoms with Gasteiger partial charge in [0.2, 0.25) is 0 Å². The van der Waals surface area contributed by atoms with Crippen LogP contribution in [0.2, 0.25) is 0 Å². The average molecular weight is 349 g/mol. The van der Waals surface area contributed by atoms with Gasteiger partial charge in [-0.2, -0.15) is 0 Å². The van der Waals surface area contributed by atoms with E-state index < -0.39 is 5.60 Å². The third-order valence-electron chi connectivity index (χ3n) is 9.14. The fourth-order valence-electron chi connectivity index (χ4n) is 8.34. The first-order valence-corrected chi connectivity index (χ1v) is 10.5. The SMILES string of the molecule is CC(=O)OCC1(O)CC23CCC4C(C)(C)CCCC4(C)C2CCC1C3. The molecule has 4 fully saturated rings. The number of hydrogen-bond acceptors (Lipinski definition) is 3. The Hall–Kier alpha value is -0.570. The van der Waals surface area contributed by atoms with Gasteiger partial charge in [0.15, 0.2) is 0 Å². The summed E-state index contributed by atoms with van der Waals surface area (Å²) in [5.74, 6) is 1.61. The zero-order chi connectivity index (χ0) is 18.1. The summed E-state index contributed by atoms with van der Waals surface area (Å²) in [6.07, 6.45) is 11.0. The van der Waals surface area contributed by atoms with Crippen LogP contribution in [-0.2, 0) is 9.53 Å². The van der Waals surface area contributed by atoms with Crippen LogP contribution in [0, 0.1) is 34.0 Å². The number of hydrogen-bond donors (Lipinski definition) is 1. The molecule has 3 heteroatoms. The van der Waals surface area contributed by atoms with E-state index >= 15 is 0 Å². The Balaban J connectivity index is 1.63. The lowest BCUT2D eigenvalue weighted by atomic mass is 9.41. The maximum Gasteiger partial charge on any atom is 0.302 e. The fourth-order valence-corrected chi connectivity index (χ4v) is 8.34. The molecule has 0 radical (unpaired) electrons. The second-order valence-corrected chi connectivity index (χ2v) is 10.9. The Kier molecular flexibility index (Phi) is 3.90. The largest absolute Gasteiger partial charge is 0.463 e. The highest BCUT2D eigenvalue weighted by atomic mass is 16.5. The van der Waals surface area contributed by atoms with Crippen LogP contribution in [0.4, 0.5) is 0 Å². The lowest BCUT2D eigenvalue weighted by Gasteiger charge is -2.64. The molecule has 4 aliphatic rings. The summed E-state index contributed by atoms with van der Waals surface area (Å²) in [5, 5.41) is 11.3. The minimum absolute atomic E-state index is 0.201. The maximum absolute atomic E-state index is 11.3. The molecule has 25 heavy (non-hydrogen) atoms. The van der Waals surface area contributed by atoms with Gasteiger partial charge >= 0.3 is 5.97 Å². The van der Waals surface area contributed by atoms with Crippen molar-refractivity contribution in [2.24, 2.45) is 34.0 Å². The molecule has 0 heterocycles. The second kappa shape index (κ2) is 5.47. The van der Waals surface area contributed by atoms with Gasteiger partial charge in [0, 0.05) is 6.92 Å². The summed E-state index contributed by atoms with van der Waals surface area (Å²) >= 11 is 0. The van der Waals surface area contributed by atoms with Crippen molar-refractivity contribution < 1.29 is 14.6 Å². The van der Waals surface area contributed by atoms with Gasteiger partial charge in [-0.3, -0.25) is 4.79 Å². The standard InChI is InChI=1S/C22H36O3/c1-15(23)25-14-22(24)13-21-11-8-17-19(2,3)9-5-10-20(17,4)18(21)7-6-16(22)12-21/h16-18,24H,5-14H2,1-4H3. The van der Waals surface area contributed by atoms with E-state index in [0.29, 0.717) is 16.7 Å². The lowest BCUT2D eigenvalue weighted by Crippen LogP contribution is -2.55. The summed E-state index contributed by atoms with van der Waals surface area (Å²) in [5.41, 5.74) is 0.389. The molecule has 3 nitrogen and oxygen atoms in total. The van der Waals surface area contributed by atoms with Gasteiger partial charge < -0.3 is 9.84 Å². The lowest BCUT2D eigenvalue weighted by molar-refractivity contribution is -0.153. The zero-order valence-electron chi connectivity index (χ0n) is 16.6. The predicted molar refractivity (Wildman–Crippen MR) is 97.9 cm³/mol. The molecule has 4 rings (SSSR count). The molecule has 1 spiro atoms. The van der Waals surface area contributed by atoms with Gasteiger partial charge in [-0.05, 0) is 85.4 Å². The topological polar surface area (TPSA) is 46.5 Å². The van der Waals surface area contributed by atoms with Crippen LogP contribution in [0.5, 0.6) is 0 Å². The van der Waals surface area contributed by atoms with E-state index in [1.807, 2.05) is 0 Å². The van der Waals surface area contributed by atoms with Crippen LogP contribution in [0.3, 0.4) is 0 Å². The van der Waals surface area contributed by atoms with Crippen LogP contribution in [0.25, 0.3) is 0 Å². The van der Waals surface area contributed by atoms with Gasteiger partial charge in [0.05, 0.1) is 0 Å². The quantitative estimate of drug-likeness (QED) is 0.735. The summed E-state index contributed by atoms with van der Waals surface area (Å²) in [6.45, 7) is 9.21. The highest BCUT2D eigenvalue weighted by Crippen LogP contribution is 2.72. The highest BCUT2D eigenvalue weighted by molar-refractivity contribution is 5.66.